The Balaban J connectivity index is 1.82. The fourth-order valence-electron chi connectivity index (χ4n) is 4.11. The zero-order chi connectivity index (χ0) is 25.9. The van der Waals surface area contributed by atoms with Gasteiger partial charge >= 0.3 is 5.97 Å². The van der Waals surface area contributed by atoms with Crippen LogP contribution in [0.3, 0.4) is 0 Å². The van der Waals surface area contributed by atoms with Gasteiger partial charge in [-0.15, -0.1) is 0 Å². The fourth-order valence-corrected chi connectivity index (χ4v) is 4.11. The Morgan fingerprint density at radius 2 is 1.86 bits per heavy atom. The second-order valence-corrected chi connectivity index (χ2v) is 9.27. The molecule has 7 heteroatoms. The number of aromatic nitrogens is 1. The standard InChI is InChI=1S/C29H30FN3O3/c1-4-36-25(34)15-8-18-6-5-7-19(16-18)27(32-22-12-9-20(10-13-22)29(2,3)31)26-23-14-11-21(30)17-24(23)33-28(26)35/h5-7,9-14,16-17,33,35H,4,8,15,31H2,1-3H3. The van der Waals surface area contributed by atoms with Gasteiger partial charge < -0.3 is 20.6 Å². The molecule has 0 atom stereocenters. The molecule has 0 aliphatic carbocycles. The van der Waals surface area contributed by atoms with E-state index in [1.165, 1.54) is 12.1 Å². The van der Waals surface area contributed by atoms with Crippen molar-refractivity contribution in [2.24, 2.45) is 10.7 Å². The van der Waals surface area contributed by atoms with E-state index >= 15 is 0 Å². The average molecular weight is 488 g/mol. The van der Waals surface area contributed by atoms with Crippen LogP contribution in [0.4, 0.5) is 10.1 Å². The lowest BCUT2D eigenvalue weighted by molar-refractivity contribution is -0.143. The minimum absolute atomic E-state index is 0.106. The summed E-state index contributed by atoms with van der Waals surface area (Å²) < 4.78 is 18.9. The van der Waals surface area contributed by atoms with Crippen LogP contribution >= 0.6 is 0 Å². The van der Waals surface area contributed by atoms with Crippen LogP contribution in [0.25, 0.3) is 10.9 Å². The van der Waals surface area contributed by atoms with Crippen LogP contribution in [-0.2, 0) is 21.5 Å². The summed E-state index contributed by atoms with van der Waals surface area (Å²) in [6, 6.07) is 19.6. The number of aromatic hydroxyl groups is 1. The van der Waals surface area contributed by atoms with E-state index in [0.29, 0.717) is 40.9 Å². The minimum atomic E-state index is -0.489. The minimum Gasteiger partial charge on any atom is -0.494 e. The molecule has 36 heavy (non-hydrogen) atoms. The summed E-state index contributed by atoms with van der Waals surface area (Å²) >= 11 is 0. The van der Waals surface area contributed by atoms with Crippen LogP contribution in [0.2, 0.25) is 0 Å². The number of rotatable bonds is 8. The maximum Gasteiger partial charge on any atom is 0.306 e. The molecule has 0 saturated carbocycles. The molecule has 0 saturated heterocycles. The van der Waals surface area contributed by atoms with E-state index in [4.69, 9.17) is 15.5 Å². The highest BCUT2D eigenvalue weighted by Gasteiger charge is 2.20. The first-order valence-electron chi connectivity index (χ1n) is 11.9. The SMILES string of the molecule is CCOC(=O)CCc1cccc(C(=Nc2ccc(C(C)(C)N)cc2)c2c(O)[nH]c3cc(F)ccc23)c1. The number of nitrogens with two attached hydrogens (primary N) is 1. The molecule has 0 bridgehead atoms. The average Bonchev–Trinajstić information content (AvgIpc) is 3.16. The smallest absolute Gasteiger partial charge is 0.306 e. The zero-order valence-corrected chi connectivity index (χ0v) is 20.6. The van der Waals surface area contributed by atoms with E-state index in [1.54, 1.807) is 13.0 Å². The molecule has 0 aliphatic rings. The van der Waals surface area contributed by atoms with Gasteiger partial charge in [0.05, 0.1) is 29.1 Å². The number of aromatic amines is 1. The molecule has 0 spiro atoms. The molecule has 4 rings (SSSR count). The number of nitrogens with one attached hydrogen (secondary N) is 1. The number of carbonyl (C=O) groups is 1. The van der Waals surface area contributed by atoms with Gasteiger partial charge in [0.15, 0.2) is 5.88 Å². The number of esters is 1. The third-order valence-electron chi connectivity index (χ3n) is 5.95. The van der Waals surface area contributed by atoms with Gasteiger partial charge in [-0.3, -0.25) is 4.79 Å². The van der Waals surface area contributed by atoms with E-state index in [1.807, 2.05) is 62.4 Å². The molecule has 0 aliphatic heterocycles. The van der Waals surface area contributed by atoms with Crippen molar-refractivity contribution in [1.82, 2.24) is 4.98 Å². The highest BCUT2D eigenvalue weighted by atomic mass is 19.1. The topological polar surface area (TPSA) is 101 Å². The Kier molecular flexibility index (Phi) is 7.22. The van der Waals surface area contributed by atoms with Gasteiger partial charge in [0.25, 0.3) is 0 Å². The van der Waals surface area contributed by atoms with Crippen LogP contribution in [-0.4, -0.2) is 28.4 Å². The summed E-state index contributed by atoms with van der Waals surface area (Å²) in [6.45, 7) is 5.99. The third kappa shape index (κ3) is 5.63. The molecule has 0 amide bonds. The molecular weight excluding hydrogens is 457 g/mol. The van der Waals surface area contributed by atoms with Crippen LogP contribution in [0.5, 0.6) is 5.88 Å². The molecule has 4 aromatic rings. The number of aryl methyl sites for hydroxylation is 1. The van der Waals surface area contributed by atoms with Gasteiger partial charge in [-0.05, 0) is 74.7 Å². The van der Waals surface area contributed by atoms with Crippen molar-refractivity contribution >= 4 is 28.3 Å². The Hall–Kier alpha value is -3.97. The van der Waals surface area contributed by atoms with Crippen LogP contribution in [0.1, 0.15) is 49.4 Å². The fraction of sp³-hybridized carbons (Fsp3) is 0.241. The number of hydrogen-bond acceptors (Lipinski definition) is 5. The number of halogens is 1. The highest BCUT2D eigenvalue weighted by Crippen LogP contribution is 2.32. The van der Waals surface area contributed by atoms with Gasteiger partial charge in [0.2, 0.25) is 0 Å². The highest BCUT2D eigenvalue weighted by molar-refractivity contribution is 6.21. The number of fused-ring (bicyclic) bond motifs is 1. The summed E-state index contributed by atoms with van der Waals surface area (Å²) in [4.78, 5) is 19.6. The summed E-state index contributed by atoms with van der Waals surface area (Å²) in [6.07, 6.45) is 0.767. The van der Waals surface area contributed by atoms with E-state index in [0.717, 1.165) is 16.7 Å². The maximum atomic E-state index is 13.9. The normalized spacial score (nSPS) is 12.2. The van der Waals surface area contributed by atoms with Crippen molar-refractivity contribution in [2.45, 2.75) is 39.2 Å². The zero-order valence-electron chi connectivity index (χ0n) is 20.6. The molecular formula is C29H30FN3O3. The predicted octanol–water partition coefficient (Wildman–Crippen LogP) is 5.87. The number of nitrogens with zero attached hydrogens (tertiary/aromatic N) is 1. The number of benzene rings is 3. The van der Waals surface area contributed by atoms with Crippen molar-refractivity contribution < 1.29 is 19.0 Å². The van der Waals surface area contributed by atoms with Crippen LogP contribution < -0.4 is 5.73 Å². The second-order valence-electron chi connectivity index (χ2n) is 9.27. The van der Waals surface area contributed by atoms with E-state index < -0.39 is 11.4 Å². The van der Waals surface area contributed by atoms with Gasteiger partial charge in [0.1, 0.15) is 5.82 Å². The Morgan fingerprint density at radius 1 is 1.11 bits per heavy atom. The monoisotopic (exact) mass is 487 g/mol. The lowest BCUT2D eigenvalue weighted by atomic mass is 9.95. The summed E-state index contributed by atoms with van der Waals surface area (Å²) in [5.74, 6) is -0.767. The summed E-state index contributed by atoms with van der Waals surface area (Å²) in [7, 11) is 0. The number of ether oxygens (including phenoxy) is 1. The molecule has 1 heterocycles. The van der Waals surface area contributed by atoms with Crippen molar-refractivity contribution in [3.63, 3.8) is 0 Å². The first-order chi connectivity index (χ1) is 17.2. The molecule has 3 aromatic carbocycles. The maximum absolute atomic E-state index is 13.9. The van der Waals surface area contributed by atoms with Gasteiger partial charge in [-0.25, -0.2) is 9.38 Å². The van der Waals surface area contributed by atoms with Crippen molar-refractivity contribution in [3.05, 3.63) is 94.8 Å². The third-order valence-corrected chi connectivity index (χ3v) is 5.95. The van der Waals surface area contributed by atoms with Gasteiger partial charge in [-0.1, -0.05) is 30.3 Å². The lowest BCUT2D eigenvalue weighted by Crippen LogP contribution is -2.28. The van der Waals surface area contributed by atoms with Crippen molar-refractivity contribution in [3.8, 4) is 5.88 Å². The Labute approximate surface area is 209 Å². The lowest BCUT2D eigenvalue weighted by Gasteiger charge is -2.19. The molecule has 4 N–H and O–H groups in total. The number of hydrogen-bond donors (Lipinski definition) is 3. The van der Waals surface area contributed by atoms with E-state index in [-0.39, 0.29) is 18.3 Å². The Morgan fingerprint density at radius 3 is 2.56 bits per heavy atom. The van der Waals surface area contributed by atoms with E-state index in [9.17, 15) is 14.3 Å². The molecule has 186 valence electrons. The predicted molar refractivity (Wildman–Crippen MR) is 140 cm³/mol. The summed E-state index contributed by atoms with van der Waals surface area (Å²) in [5.41, 5.74) is 10.5. The first kappa shape index (κ1) is 25.1. The number of H-pyrrole nitrogens is 1. The molecule has 0 fully saturated rings. The van der Waals surface area contributed by atoms with Gasteiger partial charge in [-0.2, -0.15) is 0 Å². The quantitative estimate of drug-likeness (QED) is 0.214. The second kappa shape index (κ2) is 10.3. The molecule has 1 aromatic heterocycles. The van der Waals surface area contributed by atoms with Gasteiger partial charge in [0, 0.05) is 22.9 Å². The van der Waals surface area contributed by atoms with Crippen LogP contribution in [0.15, 0.2) is 71.7 Å². The summed E-state index contributed by atoms with van der Waals surface area (Å²) in [5, 5.41) is 11.5. The first-order valence-corrected chi connectivity index (χ1v) is 11.9. The molecule has 0 unspecified atom stereocenters. The molecule has 6 nitrogen and oxygen atoms in total. The number of aliphatic imine (C=N–C) groups is 1. The number of carbonyl (C=O) groups excluding carboxylic acids is 1. The van der Waals surface area contributed by atoms with Crippen molar-refractivity contribution in [1.29, 1.82) is 0 Å². The largest absolute Gasteiger partial charge is 0.494 e. The molecule has 0 radical (unpaired) electrons. The van der Waals surface area contributed by atoms with E-state index in [2.05, 4.69) is 4.98 Å². The van der Waals surface area contributed by atoms with Crippen molar-refractivity contribution in [2.75, 3.05) is 6.61 Å². The van der Waals surface area contributed by atoms with Crippen LogP contribution in [0, 0.1) is 5.82 Å². The Bertz CT molecular complexity index is 1420.